The van der Waals surface area contributed by atoms with Crippen molar-refractivity contribution < 1.29 is 32.4 Å². The number of unbranched alkanes of at least 4 members (excludes halogenated alkanes) is 1. The van der Waals surface area contributed by atoms with Crippen molar-refractivity contribution >= 4 is 22.1 Å². The predicted molar refractivity (Wildman–Crippen MR) is 85.4 cm³/mol. The fraction of sp³-hybridized carbons (Fsp3) is 0.733. The standard InChI is InChI=1S/C15H26O7S/c1-4-7-8-12(6-3)10-15(11-13(16)17,23(19,20)21)14(18)22-9-5-2/h5,9,12H,4,6-8,10-11H2,1-3H3,(H,16,17)(H,19,20,21). The Morgan fingerprint density at radius 3 is 2.30 bits per heavy atom. The number of esters is 1. The first-order valence-electron chi connectivity index (χ1n) is 7.65. The van der Waals surface area contributed by atoms with Gasteiger partial charge in [0.15, 0.2) is 0 Å². The van der Waals surface area contributed by atoms with Crippen molar-refractivity contribution in [3.8, 4) is 0 Å². The highest BCUT2D eigenvalue weighted by Crippen LogP contribution is 2.34. The molecular weight excluding hydrogens is 324 g/mol. The van der Waals surface area contributed by atoms with Crippen LogP contribution in [0, 0.1) is 5.92 Å². The molecule has 2 unspecified atom stereocenters. The van der Waals surface area contributed by atoms with Gasteiger partial charge in [-0.1, -0.05) is 45.6 Å². The first kappa shape index (κ1) is 21.6. The third-order valence-electron chi connectivity index (χ3n) is 3.78. The first-order valence-corrected chi connectivity index (χ1v) is 9.09. The Labute approximate surface area is 137 Å². The second-order valence-corrected chi connectivity index (χ2v) is 7.27. The summed E-state index contributed by atoms with van der Waals surface area (Å²) in [4.78, 5) is 23.4. The summed E-state index contributed by atoms with van der Waals surface area (Å²) in [6.07, 6.45) is 3.91. The van der Waals surface area contributed by atoms with Gasteiger partial charge in [0.1, 0.15) is 0 Å². The lowest BCUT2D eigenvalue weighted by atomic mass is 9.86. The summed E-state index contributed by atoms with van der Waals surface area (Å²) in [6, 6.07) is 0. The van der Waals surface area contributed by atoms with Gasteiger partial charge in [-0.15, -0.1) is 0 Å². The molecule has 0 heterocycles. The minimum Gasteiger partial charge on any atom is -0.481 e. The maximum atomic E-state index is 12.3. The number of carbonyl (C=O) groups excluding carboxylic acids is 1. The molecule has 8 heteroatoms. The molecule has 0 aliphatic heterocycles. The van der Waals surface area contributed by atoms with E-state index in [1.807, 2.05) is 13.8 Å². The van der Waals surface area contributed by atoms with Gasteiger partial charge in [-0.2, -0.15) is 8.42 Å². The van der Waals surface area contributed by atoms with Crippen LogP contribution >= 0.6 is 0 Å². The Bertz CT molecular complexity index is 524. The molecule has 0 rings (SSSR count). The van der Waals surface area contributed by atoms with Crippen LogP contribution < -0.4 is 0 Å². The van der Waals surface area contributed by atoms with Gasteiger partial charge in [-0.25, -0.2) is 4.79 Å². The molecule has 0 saturated carbocycles. The summed E-state index contributed by atoms with van der Waals surface area (Å²) >= 11 is 0. The van der Waals surface area contributed by atoms with Crippen molar-refractivity contribution in [2.45, 2.75) is 64.0 Å². The lowest BCUT2D eigenvalue weighted by Crippen LogP contribution is -2.50. The Morgan fingerprint density at radius 1 is 1.30 bits per heavy atom. The molecule has 23 heavy (non-hydrogen) atoms. The molecule has 2 atom stereocenters. The molecule has 0 bridgehead atoms. The number of hydrogen-bond donors (Lipinski definition) is 2. The number of allylic oxidation sites excluding steroid dienone is 1. The summed E-state index contributed by atoms with van der Waals surface area (Å²) in [5.41, 5.74) is 0. The zero-order chi connectivity index (χ0) is 18.1. The molecule has 0 aliphatic carbocycles. The molecular formula is C15H26O7S. The number of carboxylic acid groups (broad SMARTS) is 1. The highest BCUT2D eigenvalue weighted by atomic mass is 32.2. The number of rotatable bonds is 11. The minimum atomic E-state index is -4.97. The minimum absolute atomic E-state index is 0.214. The normalized spacial score (nSPS) is 16.0. The number of aliphatic carboxylic acids is 1. The van der Waals surface area contributed by atoms with Crippen LogP contribution in [0.1, 0.15) is 59.3 Å². The lowest BCUT2D eigenvalue weighted by molar-refractivity contribution is -0.148. The van der Waals surface area contributed by atoms with Gasteiger partial charge in [-0.3, -0.25) is 9.35 Å². The van der Waals surface area contributed by atoms with E-state index in [1.54, 1.807) is 6.92 Å². The molecule has 134 valence electrons. The molecule has 7 nitrogen and oxygen atoms in total. The van der Waals surface area contributed by atoms with Gasteiger partial charge in [0.25, 0.3) is 10.1 Å². The van der Waals surface area contributed by atoms with Gasteiger partial charge in [-0.05, 0) is 19.3 Å². The average molecular weight is 350 g/mol. The second-order valence-electron chi connectivity index (χ2n) is 5.54. The molecule has 0 saturated heterocycles. The zero-order valence-corrected chi connectivity index (χ0v) is 14.6. The second kappa shape index (κ2) is 9.67. The summed E-state index contributed by atoms with van der Waals surface area (Å²) in [5, 5.41) is 9.05. The van der Waals surface area contributed by atoms with Crippen LogP contribution in [-0.2, 0) is 24.4 Å². The molecule has 0 aliphatic rings. The van der Waals surface area contributed by atoms with E-state index in [4.69, 9.17) is 9.84 Å². The van der Waals surface area contributed by atoms with Crippen LogP contribution in [0.3, 0.4) is 0 Å². The molecule has 0 aromatic heterocycles. The lowest BCUT2D eigenvalue weighted by Gasteiger charge is -2.30. The summed E-state index contributed by atoms with van der Waals surface area (Å²) in [6.45, 7) is 5.35. The highest BCUT2D eigenvalue weighted by Gasteiger charge is 2.54. The molecule has 0 aromatic rings. The largest absolute Gasteiger partial charge is 0.481 e. The van der Waals surface area contributed by atoms with Crippen LogP contribution in [0.4, 0.5) is 0 Å². The van der Waals surface area contributed by atoms with Crippen LogP contribution in [0.15, 0.2) is 12.3 Å². The van der Waals surface area contributed by atoms with Crippen molar-refractivity contribution in [1.82, 2.24) is 0 Å². The van der Waals surface area contributed by atoms with E-state index in [9.17, 15) is 22.6 Å². The number of ether oxygens (including phenoxy) is 1. The molecule has 2 N–H and O–H groups in total. The Kier molecular flexibility index (Phi) is 9.07. The average Bonchev–Trinajstić information content (AvgIpc) is 2.46. The van der Waals surface area contributed by atoms with E-state index >= 15 is 0 Å². The van der Waals surface area contributed by atoms with E-state index in [-0.39, 0.29) is 12.3 Å². The van der Waals surface area contributed by atoms with Crippen molar-refractivity contribution in [1.29, 1.82) is 0 Å². The maximum absolute atomic E-state index is 12.3. The van der Waals surface area contributed by atoms with Crippen LogP contribution in [-0.4, -0.2) is 34.8 Å². The Balaban J connectivity index is 5.80. The van der Waals surface area contributed by atoms with E-state index < -0.39 is 33.2 Å². The van der Waals surface area contributed by atoms with Gasteiger partial charge in [0, 0.05) is 0 Å². The zero-order valence-electron chi connectivity index (χ0n) is 13.8. The van der Waals surface area contributed by atoms with Crippen LogP contribution in [0.25, 0.3) is 0 Å². The van der Waals surface area contributed by atoms with Gasteiger partial charge >= 0.3 is 11.9 Å². The molecule has 0 radical (unpaired) electrons. The van der Waals surface area contributed by atoms with E-state index in [0.717, 1.165) is 19.1 Å². The number of hydrogen-bond acceptors (Lipinski definition) is 5. The number of carbonyl (C=O) groups is 2. The SMILES string of the molecule is CC=COC(=O)C(CC(=O)O)(CC(CC)CCCC)S(=O)(=O)O. The highest BCUT2D eigenvalue weighted by molar-refractivity contribution is 7.88. The van der Waals surface area contributed by atoms with Crippen molar-refractivity contribution in [2.24, 2.45) is 5.92 Å². The molecule has 0 amide bonds. The smallest absolute Gasteiger partial charge is 0.335 e. The molecule has 0 fully saturated rings. The van der Waals surface area contributed by atoms with Gasteiger partial charge in [0.2, 0.25) is 4.75 Å². The molecule has 0 spiro atoms. The van der Waals surface area contributed by atoms with Gasteiger partial charge in [0.05, 0.1) is 12.7 Å². The Hall–Kier alpha value is -1.41. The third kappa shape index (κ3) is 6.31. The summed E-state index contributed by atoms with van der Waals surface area (Å²) in [7, 11) is -4.97. The maximum Gasteiger partial charge on any atom is 0.335 e. The van der Waals surface area contributed by atoms with E-state index in [2.05, 4.69) is 0 Å². The van der Waals surface area contributed by atoms with Crippen molar-refractivity contribution in [2.75, 3.05) is 0 Å². The Morgan fingerprint density at radius 2 is 1.91 bits per heavy atom. The monoisotopic (exact) mass is 350 g/mol. The van der Waals surface area contributed by atoms with Crippen LogP contribution in [0.5, 0.6) is 0 Å². The van der Waals surface area contributed by atoms with E-state index in [1.165, 1.54) is 6.08 Å². The fourth-order valence-corrected chi connectivity index (χ4v) is 3.43. The topological polar surface area (TPSA) is 118 Å². The quantitative estimate of drug-likeness (QED) is 0.334. The van der Waals surface area contributed by atoms with Gasteiger partial charge < -0.3 is 9.84 Å². The van der Waals surface area contributed by atoms with E-state index in [0.29, 0.717) is 12.8 Å². The predicted octanol–water partition coefficient (Wildman–Crippen LogP) is 2.77. The number of carboxylic acids is 1. The van der Waals surface area contributed by atoms with Crippen LogP contribution in [0.2, 0.25) is 0 Å². The first-order chi connectivity index (χ1) is 10.6. The summed E-state index contributed by atoms with van der Waals surface area (Å²) in [5.74, 6) is -2.98. The third-order valence-corrected chi connectivity index (χ3v) is 5.24. The fourth-order valence-electron chi connectivity index (χ4n) is 2.42. The van der Waals surface area contributed by atoms with Crippen molar-refractivity contribution in [3.63, 3.8) is 0 Å². The molecule has 0 aromatic carbocycles. The summed E-state index contributed by atoms with van der Waals surface area (Å²) < 4.78 is 35.6. The van der Waals surface area contributed by atoms with Crippen molar-refractivity contribution in [3.05, 3.63) is 12.3 Å².